The molecule has 4 heteroatoms. The van der Waals surface area contributed by atoms with Gasteiger partial charge in [-0.05, 0) is 23.1 Å². The minimum absolute atomic E-state index is 0.300. The van der Waals surface area contributed by atoms with Gasteiger partial charge in [-0.25, -0.2) is 13.9 Å². The number of hydrogen-bond donors (Lipinski definition) is 0. The van der Waals surface area contributed by atoms with Gasteiger partial charge in [-0.1, -0.05) is 13.8 Å². The Morgan fingerprint density at radius 1 is 1.50 bits per heavy atom. The first kappa shape index (κ1) is 9.12. The van der Waals surface area contributed by atoms with Crippen molar-refractivity contribution < 1.29 is 4.39 Å². The van der Waals surface area contributed by atoms with Crippen LogP contribution in [0.15, 0.2) is 18.6 Å². The molecule has 0 aliphatic rings. The number of fused-ring (bicyclic) bond motifs is 1. The summed E-state index contributed by atoms with van der Waals surface area (Å²) in [4.78, 5) is 4.01. The first-order chi connectivity index (χ1) is 6.72. The minimum atomic E-state index is -0.448. The molecule has 14 heavy (non-hydrogen) atoms. The second-order valence-corrected chi connectivity index (χ2v) is 3.61. The third-order valence-corrected chi connectivity index (χ3v) is 2.30. The highest BCUT2D eigenvalue weighted by Crippen LogP contribution is 2.21. The molecule has 0 spiro atoms. The number of halogens is 1. The van der Waals surface area contributed by atoms with Crippen LogP contribution >= 0.6 is 0 Å². The summed E-state index contributed by atoms with van der Waals surface area (Å²) in [6.45, 7) is 3.63. The largest absolute Gasteiger partial charge is 0.246 e. The van der Waals surface area contributed by atoms with Crippen LogP contribution < -0.4 is 0 Å². The van der Waals surface area contributed by atoms with E-state index in [-0.39, 0.29) is 0 Å². The van der Waals surface area contributed by atoms with Crippen molar-refractivity contribution in [2.75, 3.05) is 0 Å². The average Bonchev–Trinajstić information content (AvgIpc) is 2.62. The fourth-order valence-corrected chi connectivity index (χ4v) is 1.55. The smallest absolute Gasteiger partial charge is 0.155 e. The summed E-state index contributed by atoms with van der Waals surface area (Å²) in [6, 6.07) is 1.75. The molecular formula is C10H12FN3. The highest BCUT2D eigenvalue weighted by Gasteiger charge is 2.09. The van der Waals surface area contributed by atoms with E-state index in [0.717, 1.165) is 5.56 Å². The van der Waals surface area contributed by atoms with Crippen LogP contribution in [0.1, 0.15) is 30.9 Å². The number of rotatable bonds is 2. The molecule has 0 aliphatic heterocycles. The van der Waals surface area contributed by atoms with Gasteiger partial charge < -0.3 is 0 Å². The van der Waals surface area contributed by atoms with Gasteiger partial charge in [0.1, 0.15) is 13.0 Å². The molecule has 2 aromatic rings. The summed E-state index contributed by atoms with van der Waals surface area (Å²) in [5.74, 6) is 0.300. The molecule has 0 bridgehead atoms. The molecule has 0 saturated carbocycles. The molecule has 3 nitrogen and oxygen atoms in total. The van der Waals surface area contributed by atoms with Gasteiger partial charge in [0.15, 0.2) is 5.65 Å². The number of alkyl halides is 1. The summed E-state index contributed by atoms with van der Waals surface area (Å²) >= 11 is 0. The molecule has 2 aromatic heterocycles. The lowest BCUT2D eigenvalue weighted by Gasteiger charge is -2.10. The molecule has 0 saturated heterocycles. The lowest BCUT2D eigenvalue weighted by atomic mass is 10.0. The quantitative estimate of drug-likeness (QED) is 0.732. The van der Waals surface area contributed by atoms with Crippen molar-refractivity contribution in [3.63, 3.8) is 0 Å². The number of aromatic nitrogens is 3. The Morgan fingerprint density at radius 2 is 2.29 bits per heavy atom. The zero-order valence-electron chi connectivity index (χ0n) is 8.24. The standard InChI is InChI=1S/C10H12FN3/c1-7(2)9-5-14-10(12-6-13-14)3-8(9)4-11/h3,5-7H,4H2,1-2H3. The Hall–Kier alpha value is -1.45. The van der Waals surface area contributed by atoms with E-state index in [1.54, 1.807) is 10.6 Å². The molecule has 74 valence electrons. The van der Waals surface area contributed by atoms with Gasteiger partial charge >= 0.3 is 0 Å². The summed E-state index contributed by atoms with van der Waals surface area (Å²) in [6.07, 6.45) is 3.32. The second-order valence-electron chi connectivity index (χ2n) is 3.61. The van der Waals surface area contributed by atoms with Crippen LogP contribution in [0.4, 0.5) is 4.39 Å². The number of hydrogen-bond acceptors (Lipinski definition) is 2. The molecule has 0 fully saturated rings. The maximum atomic E-state index is 12.7. The Morgan fingerprint density at radius 3 is 2.93 bits per heavy atom. The van der Waals surface area contributed by atoms with Gasteiger partial charge in [0.2, 0.25) is 0 Å². The van der Waals surface area contributed by atoms with E-state index in [0.29, 0.717) is 17.1 Å². The van der Waals surface area contributed by atoms with Crippen molar-refractivity contribution in [1.29, 1.82) is 0 Å². The molecule has 0 aliphatic carbocycles. The predicted molar refractivity (Wildman–Crippen MR) is 51.9 cm³/mol. The van der Waals surface area contributed by atoms with Crippen LogP contribution in [0, 0.1) is 0 Å². The third-order valence-electron chi connectivity index (χ3n) is 2.30. The number of pyridine rings is 1. The predicted octanol–water partition coefficient (Wildman–Crippen LogP) is 2.32. The Balaban J connectivity index is 2.66. The summed E-state index contributed by atoms with van der Waals surface area (Å²) in [5, 5.41) is 4.02. The average molecular weight is 193 g/mol. The van der Waals surface area contributed by atoms with Crippen molar-refractivity contribution in [2.45, 2.75) is 26.4 Å². The normalized spacial score (nSPS) is 11.4. The van der Waals surface area contributed by atoms with Crippen molar-refractivity contribution in [3.05, 3.63) is 29.7 Å². The van der Waals surface area contributed by atoms with Gasteiger partial charge in [0.05, 0.1) is 0 Å². The zero-order chi connectivity index (χ0) is 10.1. The highest BCUT2D eigenvalue weighted by molar-refractivity contribution is 5.43. The van der Waals surface area contributed by atoms with E-state index < -0.39 is 6.67 Å². The molecule has 0 unspecified atom stereocenters. The SMILES string of the molecule is CC(C)c1cn2ncnc2cc1CF. The van der Waals surface area contributed by atoms with E-state index in [9.17, 15) is 4.39 Å². The summed E-state index contributed by atoms with van der Waals surface area (Å²) in [5.41, 5.74) is 2.40. The third kappa shape index (κ3) is 1.36. The molecular weight excluding hydrogens is 181 g/mol. The van der Waals surface area contributed by atoms with E-state index in [1.165, 1.54) is 6.33 Å². The lowest BCUT2D eigenvalue weighted by Crippen LogP contribution is -1.99. The van der Waals surface area contributed by atoms with Crippen molar-refractivity contribution in [1.82, 2.24) is 14.6 Å². The van der Waals surface area contributed by atoms with Gasteiger partial charge in [0, 0.05) is 6.20 Å². The fourth-order valence-electron chi connectivity index (χ4n) is 1.55. The van der Waals surface area contributed by atoms with Gasteiger partial charge in [-0.3, -0.25) is 0 Å². The highest BCUT2D eigenvalue weighted by atomic mass is 19.1. The molecule has 0 radical (unpaired) electrons. The summed E-state index contributed by atoms with van der Waals surface area (Å²) in [7, 11) is 0. The summed E-state index contributed by atoms with van der Waals surface area (Å²) < 4.78 is 14.4. The van der Waals surface area contributed by atoms with Crippen LogP contribution in [0.25, 0.3) is 5.65 Å². The molecule has 2 rings (SSSR count). The monoisotopic (exact) mass is 193 g/mol. The van der Waals surface area contributed by atoms with Crippen molar-refractivity contribution in [3.8, 4) is 0 Å². The molecule has 0 N–H and O–H groups in total. The van der Waals surface area contributed by atoms with Gasteiger partial charge in [-0.2, -0.15) is 5.10 Å². The van der Waals surface area contributed by atoms with Gasteiger partial charge in [-0.15, -0.1) is 0 Å². The van der Waals surface area contributed by atoms with Crippen LogP contribution in [0.2, 0.25) is 0 Å². The molecule has 0 atom stereocenters. The van der Waals surface area contributed by atoms with E-state index >= 15 is 0 Å². The second kappa shape index (κ2) is 3.36. The van der Waals surface area contributed by atoms with Crippen molar-refractivity contribution >= 4 is 5.65 Å². The Kier molecular flexibility index (Phi) is 2.19. The van der Waals surface area contributed by atoms with Crippen LogP contribution in [0.5, 0.6) is 0 Å². The Bertz CT molecular complexity index is 448. The number of nitrogens with zero attached hydrogens (tertiary/aromatic N) is 3. The van der Waals surface area contributed by atoms with Crippen molar-refractivity contribution in [2.24, 2.45) is 0 Å². The molecule has 2 heterocycles. The first-order valence-corrected chi connectivity index (χ1v) is 4.60. The van der Waals surface area contributed by atoms with E-state index in [1.807, 2.05) is 20.0 Å². The maximum absolute atomic E-state index is 12.7. The topological polar surface area (TPSA) is 30.2 Å². The minimum Gasteiger partial charge on any atom is -0.246 e. The van der Waals surface area contributed by atoms with Gasteiger partial charge in [0.25, 0.3) is 0 Å². The first-order valence-electron chi connectivity index (χ1n) is 4.60. The lowest BCUT2D eigenvalue weighted by molar-refractivity contribution is 0.480. The fraction of sp³-hybridized carbons (Fsp3) is 0.400. The molecule has 0 aromatic carbocycles. The van der Waals surface area contributed by atoms with Crippen LogP contribution in [-0.4, -0.2) is 14.6 Å². The maximum Gasteiger partial charge on any atom is 0.155 e. The van der Waals surface area contributed by atoms with E-state index in [2.05, 4.69) is 10.1 Å². The Labute approximate surface area is 81.6 Å². The van der Waals surface area contributed by atoms with Crippen LogP contribution in [-0.2, 0) is 6.67 Å². The van der Waals surface area contributed by atoms with E-state index in [4.69, 9.17) is 0 Å². The van der Waals surface area contributed by atoms with Crippen LogP contribution in [0.3, 0.4) is 0 Å². The molecule has 0 amide bonds. The zero-order valence-corrected chi connectivity index (χ0v) is 8.24.